The lowest BCUT2D eigenvalue weighted by atomic mass is 9.49. The lowest BCUT2D eigenvalue weighted by molar-refractivity contribution is -0.121. The number of aromatic hydroxyl groups is 1. The highest BCUT2D eigenvalue weighted by Gasteiger charge is 2.57. The second-order valence-corrected chi connectivity index (χ2v) is 12.5. The minimum Gasteiger partial charge on any atom is -0.508 e. The molecule has 4 rings (SSSR count). The molecule has 6 nitrogen and oxygen atoms in total. The highest BCUT2D eigenvalue weighted by atomic mass is 32.2. The van der Waals surface area contributed by atoms with Gasteiger partial charge in [0.15, 0.2) is 0 Å². The molecule has 33 heavy (non-hydrogen) atoms. The molecule has 1 aliphatic heterocycles. The van der Waals surface area contributed by atoms with Gasteiger partial charge in [0.25, 0.3) is 10.1 Å². The summed E-state index contributed by atoms with van der Waals surface area (Å²) in [5.41, 5.74) is 2.77. The number of benzene rings is 1. The molecular formula is C26H41NO5S. The third-order valence-electron chi connectivity index (χ3n) is 8.82. The number of Topliss-reactive ketones (excluding diaryl/α,β-unsaturated/α-hetero) is 1. The second kappa shape index (κ2) is 10.0. The number of carbonyl (C=O) groups is 1. The maximum absolute atomic E-state index is 12.7. The molecule has 2 bridgehead atoms. The number of hydrogen-bond acceptors (Lipinski definition) is 5. The summed E-state index contributed by atoms with van der Waals surface area (Å²) in [5.74, 6) is 1.62. The SMILES string of the molecule is CN1CC[C@@]2(C)c3cc(O)ccc3C[C@@H]1C2(C)CCC(=O)CCC1CCCC1.CS(=O)(=O)O. The number of likely N-dealkylation sites (tertiary alicyclic amines) is 1. The first-order valence-corrected chi connectivity index (χ1v) is 14.1. The van der Waals surface area contributed by atoms with E-state index < -0.39 is 10.1 Å². The lowest BCUT2D eigenvalue weighted by Crippen LogP contribution is -2.64. The van der Waals surface area contributed by atoms with Crippen LogP contribution in [-0.4, -0.2) is 54.7 Å². The summed E-state index contributed by atoms with van der Waals surface area (Å²) in [5, 5.41) is 10.1. The van der Waals surface area contributed by atoms with Crippen LogP contribution >= 0.6 is 0 Å². The van der Waals surface area contributed by atoms with Crippen LogP contribution in [-0.2, 0) is 26.7 Å². The fraction of sp³-hybridized carbons (Fsp3) is 0.731. The average Bonchev–Trinajstić information content (AvgIpc) is 3.24. The fourth-order valence-electron chi connectivity index (χ4n) is 6.61. The van der Waals surface area contributed by atoms with Crippen molar-refractivity contribution in [1.82, 2.24) is 4.90 Å². The van der Waals surface area contributed by atoms with Crippen LogP contribution < -0.4 is 0 Å². The van der Waals surface area contributed by atoms with Crippen LogP contribution in [0.15, 0.2) is 18.2 Å². The van der Waals surface area contributed by atoms with Gasteiger partial charge in [0.2, 0.25) is 0 Å². The molecule has 2 fully saturated rings. The van der Waals surface area contributed by atoms with Crippen LogP contribution in [0.5, 0.6) is 5.75 Å². The van der Waals surface area contributed by atoms with Crippen molar-refractivity contribution in [3.63, 3.8) is 0 Å². The van der Waals surface area contributed by atoms with Crippen molar-refractivity contribution in [1.29, 1.82) is 0 Å². The number of hydrogen-bond donors (Lipinski definition) is 2. The van der Waals surface area contributed by atoms with Crippen LogP contribution in [0.2, 0.25) is 0 Å². The molecule has 0 spiro atoms. The van der Waals surface area contributed by atoms with Crippen molar-refractivity contribution >= 4 is 15.9 Å². The Balaban J connectivity index is 0.000000555. The van der Waals surface area contributed by atoms with Crippen molar-refractivity contribution in [3.05, 3.63) is 29.3 Å². The van der Waals surface area contributed by atoms with Gasteiger partial charge in [0.05, 0.1) is 6.26 Å². The molecule has 1 unspecified atom stereocenters. The van der Waals surface area contributed by atoms with Gasteiger partial charge < -0.3 is 10.0 Å². The maximum atomic E-state index is 12.7. The van der Waals surface area contributed by atoms with E-state index in [0.717, 1.165) is 44.6 Å². The molecular weight excluding hydrogens is 438 g/mol. The molecule has 0 aromatic heterocycles. The molecule has 3 atom stereocenters. The number of phenols is 1. The molecule has 0 radical (unpaired) electrons. The van der Waals surface area contributed by atoms with Gasteiger partial charge in [-0.3, -0.25) is 9.35 Å². The quantitative estimate of drug-likeness (QED) is 0.572. The van der Waals surface area contributed by atoms with E-state index in [2.05, 4.69) is 31.9 Å². The van der Waals surface area contributed by atoms with Crippen LogP contribution in [0.3, 0.4) is 0 Å². The molecule has 3 aliphatic rings. The molecule has 1 aromatic carbocycles. The summed E-state index contributed by atoms with van der Waals surface area (Å²) < 4.78 is 25.9. The van der Waals surface area contributed by atoms with E-state index in [1.54, 1.807) is 0 Å². The molecule has 1 saturated heterocycles. The fourth-order valence-corrected chi connectivity index (χ4v) is 6.61. The Morgan fingerprint density at radius 3 is 2.45 bits per heavy atom. The smallest absolute Gasteiger partial charge is 0.261 e. The zero-order valence-corrected chi connectivity index (χ0v) is 21.5. The van der Waals surface area contributed by atoms with Gasteiger partial charge in [-0.05, 0) is 73.9 Å². The van der Waals surface area contributed by atoms with Gasteiger partial charge in [-0.2, -0.15) is 8.42 Å². The van der Waals surface area contributed by atoms with Gasteiger partial charge in [-0.15, -0.1) is 0 Å². The Labute approximate surface area is 199 Å². The average molecular weight is 480 g/mol. The van der Waals surface area contributed by atoms with Gasteiger partial charge in [0, 0.05) is 24.3 Å². The highest BCUT2D eigenvalue weighted by molar-refractivity contribution is 7.85. The summed E-state index contributed by atoms with van der Waals surface area (Å²) >= 11 is 0. The number of carbonyl (C=O) groups excluding carboxylic acids is 1. The van der Waals surface area contributed by atoms with Crippen LogP contribution in [0, 0.1) is 11.3 Å². The van der Waals surface area contributed by atoms with Crippen LogP contribution in [0.1, 0.15) is 82.8 Å². The zero-order valence-electron chi connectivity index (χ0n) is 20.6. The standard InChI is InChI=1S/C25H37NO2.CH4O3S/c1-24-14-15-26(3)23(16-19-9-11-21(28)17-22(19)24)25(24,2)13-12-20(27)10-8-18-6-4-5-7-18;1-5(2,3)4/h9,11,17-18,23,28H,4-8,10,12-16H2,1-3H3;1H3,(H,2,3,4)/t23-,24+,25?;/m1./s1. The molecule has 1 aromatic rings. The maximum Gasteiger partial charge on any atom is 0.261 e. The first kappa shape index (κ1) is 26.2. The van der Waals surface area contributed by atoms with E-state index in [0.29, 0.717) is 30.3 Å². The first-order chi connectivity index (χ1) is 15.3. The van der Waals surface area contributed by atoms with Crippen molar-refractivity contribution < 1.29 is 22.9 Å². The molecule has 2 N–H and O–H groups in total. The highest BCUT2D eigenvalue weighted by Crippen LogP contribution is 2.58. The second-order valence-electron chi connectivity index (χ2n) is 11.0. The van der Waals surface area contributed by atoms with Crippen molar-refractivity contribution in [2.24, 2.45) is 11.3 Å². The van der Waals surface area contributed by atoms with Crippen LogP contribution in [0.25, 0.3) is 0 Å². The summed E-state index contributed by atoms with van der Waals surface area (Å²) in [7, 11) is -1.42. The van der Waals surface area contributed by atoms with Crippen molar-refractivity contribution in [2.45, 2.75) is 89.5 Å². The number of phenolic OH excluding ortho intramolecular Hbond substituents is 1. The topological polar surface area (TPSA) is 94.9 Å². The van der Waals surface area contributed by atoms with E-state index in [4.69, 9.17) is 4.55 Å². The van der Waals surface area contributed by atoms with Crippen molar-refractivity contribution in [3.8, 4) is 5.75 Å². The summed E-state index contributed by atoms with van der Waals surface area (Å²) in [4.78, 5) is 15.3. The van der Waals surface area contributed by atoms with E-state index in [9.17, 15) is 18.3 Å². The Morgan fingerprint density at radius 1 is 1.18 bits per heavy atom. The lowest BCUT2D eigenvalue weighted by Gasteiger charge is -2.62. The number of rotatable bonds is 6. The largest absolute Gasteiger partial charge is 0.508 e. The third-order valence-corrected chi connectivity index (χ3v) is 8.82. The predicted molar refractivity (Wildman–Crippen MR) is 131 cm³/mol. The number of likely N-dealkylation sites (N-methyl/N-ethyl adjacent to an activating group) is 1. The van der Waals surface area contributed by atoms with E-state index in [1.165, 1.54) is 36.8 Å². The first-order valence-electron chi connectivity index (χ1n) is 12.3. The predicted octanol–water partition coefficient (Wildman–Crippen LogP) is 4.74. The van der Waals surface area contributed by atoms with E-state index in [-0.39, 0.29) is 10.8 Å². The van der Waals surface area contributed by atoms with Gasteiger partial charge in [0.1, 0.15) is 11.5 Å². The number of fused-ring (bicyclic) bond motifs is 4. The number of nitrogens with zero attached hydrogens (tertiary/aromatic N) is 1. The zero-order chi connectivity index (χ0) is 24.4. The minimum absolute atomic E-state index is 0.0161. The Morgan fingerprint density at radius 2 is 1.82 bits per heavy atom. The summed E-state index contributed by atoms with van der Waals surface area (Å²) in [6, 6.07) is 6.40. The van der Waals surface area contributed by atoms with E-state index >= 15 is 0 Å². The summed E-state index contributed by atoms with van der Waals surface area (Å²) in [6.45, 7) is 5.87. The van der Waals surface area contributed by atoms with Gasteiger partial charge >= 0.3 is 0 Å². The molecule has 7 heteroatoms. The monoisotopic (exact) mass is 479 g/mol. The van der Waals surface area contributed by atoms with Gasteiger partial charge in [-0.25, -0.2) is 0 Å². The Bertz CT molecular complexity index is 947. The molecule has 186 valence electrons. The minimum atomic E-state index is -3.67. The third kappa shape index (κ3) is 5.98. The molecule has 2 aliphatic carbocycles. The Hall–Kier alpha value is -1.44. The molecule has 1 saturated carbocycles. The molecule has 0 amide bonds. The molecule has 1 heterocycles. The summed E-state index contributed by atoms with van der Waals surface area (Å²) in [6.07, 6.45) is 11.7. The van der Waals surface area contributed by atoms with E-state index in [1.807, 2.05) is 12.1 Å². The van der Waals surface area contributed by atoms with Crippen molar-refractivity contribution in [2.75, 3.05) is 19.8 Å². The van der Waals surface area contributed by atoms with Gasteiger partial charge in [-0.1, -0.05) is 45.6 Å². The number of piperidine rings is 1. The number of ketones is 1. The Kier molecular flexibility index (Phi) is 7.97. The normalized spacial score (nSPS) is 29.8. The van der Waals surface area contributed by atoms with Crippen LogP contribution in [0.4, 0.5) is 0 Å².